The van der Waals surface area contributed by atoms with E-state index in [0.717, 1.165) is 119 Å². The predicted octanol–water partition coefficient (Wildman–Crippen LogP) is 9.83. The highest BCUT2D eigenvalue weighted by Crippen LogP contribution is 2.45. The molecule has 18 nitrogen and oxygen atoms in total. The summed E-state index contributed by atoms with van der Waals surface area (Å²) >= 11 is 0. The number of likely N-dealkylation sites (N-methyl/N-ethyl adjacent to an activating group) is 1. The number of hydrogen-bond acceptors (Lipinski definition) is 14. The molecule has 488 valence electrons. The predicted molar refractivity (Wildman–Crippen MR) is 354 cm³/mol. The average Bonchev–Trinajstić information content (AvgIpc) is 1.88. The normalized spacial score (nSPS) is 19.5. The van der Waals surface area contributed by atoms with Gasteiger partial charge in [-0.2, -0.15) is 0 Å². The second-order valence-electron chi connectivity index (χ2n) is 26.3. The molecule has 6 atom stereocenters. The fraction of sp³-hybridized carbons (Fsp3) is 0.725. The largest absolute Gasteiger partial charge is 0.383 e. The van der Waals surface area contributed by atoms with Gasteiger partial charge in [0.1, 0.15) is 18.4 Å². The Balaban J connectivity index is 0.00000234. The zero-order valence-corrected chi connectivity index (χ0v) is 56.9. The first kappa shape index (κ1) is 71.0. The van der Waals surface area contributed by atoms with Gasteiger partial charge >= 0.3 is 0 Å². The second kappa shape index (κ2) is 32.6. The van der Waals surface area contributed by atoms with Crippen molar-refractivity contribution < 1.29 is 33.4 Å². The van der Waals surface area contributed by atoms with Crippen molar-refractivity contribution in [3.8, 4) is 11.3 Å². The molecule has 6 unspecified atom stereocenters. The van der Waals surface area contributed by atoms with Crippen LogP contribution in [-0.2, 0) is 46.4 Å². The molecule has 6 heterocycles. The van der Waals surface area contributed by atoms with Crippen LogP contribution in [0.4, 0.5) is 11.4 Å². The molecule has 2 N–H and O–H groups in total. The van der Waals surface area contributed by atoms with Gasteiger partial charge in [0, 0.05) is 152 Å². The number of aryl methyl sites for hydroxylation is 1. The van der Waals surface area contributed by atoms with Crippen LogP contribution in [0.25, 0.3) is 22.2 Å². The molecular formula is C69H115N11O7. The van der Waals surface area contributed by atoms with E-state index in [1.165, 1.54) is 41.9 Å². The fourth-order valence-electron chi connectivity index (χ4n) is 13.8. The Morgan fingerprint density at radius 2 is 1.67 bits per heavy atom. The summed E-state index contributed by atoms with van der Waals surface area (Å²) in [5, 5.41) is 6.37. The monoisotopic (exact) mass is 1210 g/mol. The number of allylic oxidation sites excluding steroid dienone is 1. The fourth-order valence-corrected chi connectivity index (χ4v) is 13.8. The standard InChI is InChI=1S/C65H105N11O6.C2H4O.C2H6/c1-16-20-27-75(66-13)63(79)58(68-62(78)59(44(5)6)76-50(24-26-56(76)77)39-69(18-3)45(7)8)60(73-40-65(41-73)42-82-43-65)46(9)38-72(32-33-80-14)49-23-25-55-52(34-49)54(36-64(11,12)17-2)61(74(55)19-4)53-35-51(37-67-57(53)47(10)81-15)71-30-28-70(29-31-71)48-21-22-48;1-2-3;1-2/h23,25,34-35,37,44,46-48,50,58-60,66H,7,16-22,24,26-33,36,38-43H2,1-6,8-15H3,(H,68,78);2H,1H3;1-2H3. The van der Waals surface area contributed by atoms with E-state index >= 15 is 9.59 Å². The molecule has 3 amide bonds. The van der Waals surface area contributed by atoms with Crippen LogP contribution >= 0.6 is 0 Å². The lowest BCUT2D eigenvalue weighted by Gasteiger charge is -2.59. The van der Waals surface area contributed by atoms with Gasteiger partial charge in [-0.15, -0.1) is 0 Å². The molecule has 1 aromatic carbocycles. The Labute approximate surface area is 524 Å². The van der Waals surface area contributed by atoms with Crippen LogP contribution in [0.2, 0.25) is 0 Å². The number of hydrogen-bond donors (Lipinski definition) is 2. The molecule has 1 aliphatic carbocycles. The van der Waals surface area contributed by atoms with Gasteiger partial charge in [0.15, 0.2) is 0 Å². The highest BCUT2D eigenvalue weighted by molar-refractivity contribution is 5.96. The number of anilines is 2. The summed E-state index contributed by atoms with van der Waals surface area (Å²) in [4.78, 5) is 73.2. The van der Waals surface area contributed by atoms with E-state index in [4.69, 9.17) is 24.0 Å². The molecule has 0 radical (unpaired) electrons. The minimum Gasteiger partial charge on any atom is -0.383 e. The maximum atomic E-state index is 15.6. The third-order valence-electron chi connectivity index (χ3n) is 19.2. The molecule has 3 aromatic rings. The first-order chi connectivity index (χ1) is 41.7. The van der Waals surface area contributed by atoms with Crippen molar-refractivity contribution in [1.82, 2.24) is 44.9 Å². The summed E-state index contributed by atoms with van der Waals surface area (Å²) in [5.74, 6) is -0.863. The maximum Gasteiger partial charge on any atom is 0.260 e. The highest BCUT2D eigenvalue weighted by Gasteiger charge is 2.55. The van der Waals surface area contributed by atoms with Crippen molar-refractivity contribution in [3.05, 3.63) is 54.0 Å². The summed E-state index contributed by atoms with van der Waals surface area (Å²) in [5.41, 5.74) is 12.2. The van der Waals surface area contributed by atoms with Crippen molar-refractivity contribution in [2.75, 3.05) is 123 Å². The first-order valence-corrected chi connectivity index (χ1v) is 33.3. The lowest BCUT2D eigenvalue weighted by atomic mass is 9.74. The van der Waals surface area contributed by atoms with E-state index < -0.39 is 18.1 Å². The van der Waals surface area contributed by atoms with E-state index in [1.807, 2.05) is 39.5 Å². The number of aromatic nitrogens is 2. The van der Waals surface area contributed by atoms with Gasteiger partial charge in [-0.25, -0.2) is 5.43 Å². The number of piperazine rings is 1. The number of pyridine rings is 1. The van der Waals surface area contributed by atoms with Crippen molar-refractivity contribution >= 4 is 46.3 Å². The number of unbranched alkanes of at least 4 members (excludes halogenated alkanes) is 1. The van der Waals surface area contributed by atoms with Gasteiger partial charge in [-0.1, -0.05) is 81.7 Å². The molecular weight excluding hydrogens is 1090 g/mol. The number of amides is 3. The van der Waals surface area contributed by atoms with Gasteiger partial charge < -0.3 is 48.5 Å². The van der Waals surface area contributed by atoms with E-state index in [9.17, 15) is 4.79 Å². The minimum atomic E-state index is -0.934. The number of nitrogens with zero attached hydrogens (tertiary/aromatic N) is 9. The van der Waals surface area contributed by atoms with E-state index in [1.54, 1.807) is 26.3 Å². The minimum absolute atomic E-state index is 0.00522. The first-order valence-electron chi connectivity index (χ1n) is 33.3. The third-order valence-corrected chi connectivity index (χ3v) is 19.2. The quantitative estimate of drug-likeness (QED) is 0.0463. The zero-order chi connectivity index (χ0) is 63.9. The smallest absolute Gasteiger partial charge is 0.260 e. The SMILES string of the molecule is C=C(C)N(CC)CC1CCC(=O)N1C(C(=O)NC(C(=O)N(CCCC)NC)C(C(C)CN(CCOC)c1ccc2c(c1)c(CC(C)(C)CC)c(-c1cc(N3CCN(C4CC4)CC3)cnc1C(C)OC)n2CC)N1CC2(COC2)C1)C(C)C.CC.CC=O. The number of benzene rings is 1. The van der Waals surface area contributed by atoms with Crippen molar-refractivity contribution in [2.45, 2.75) is 191 Å². The van der Waals surface area contributed by atoms with Gasteiger partial charge in [-0.05, 0) is 114 Å². The summed E-state index contributed by atoms with van der Waals surface area (Å²) in [7, 11) is 5.33. The molecule has 1 saturated carbocycles. The van der Waals surface area contributed by atoms with Crippen LogP contribution in [-0.4, -0.2) is 201 Å². The molecule has 0 bridgehead atoms. The van der Waals surface area contributed by atoms with Crippen LogP contribution in [0.15, 0.2) is 42.7 Å². The number of ether oxygens (including phenoxy) is 3. The maximum absolute atomic E-state index is 15.6. The number of fused-ring (bicyclic) bond motifs is 1. The second-order valence-corrected chi connectivity index (χ2v) is 26.3. The van der Waals surface area contributed by atoms with Gasteiger partial charge in [0.25, 0.3) is 5.91 Å². The van der Waals surface area contributed by atoms with Crippen molar-refractivity contribution in [2.24, 2.45) is 22.7 Å². The van der Waals surface area contributed by atoms with E-state index in [2.05, 4.69) is 132 Å². The summed E-state index contributed by atoms with van der Waals surface area (Å²) in [6.07, 6.45) is 9.85. The molecule has 5 fully saturated rings. The summed E-state index contributed by atoms with van der Waals surface area (Å²) in [6, 6.07) is 7.86. The van der Waals surface area contributed by atoms with Crippen LogP contribution in [0.1, 0.15) is 159 Å². The van der Waals surface area contributed by atoms with Gasteiger partial charge in [-0.3, -0.25) is 34.2 Å². The average molecular weight is 1210 g/mol. The molecule has 1 spiro atoms. The van der Waals surface area contributed by atoms with Gasteiger partial charge in [0.05, 0.1) is 55.2 Å². The molecule has 8 rings (SSSR count). The summed E-state index contributed by atoms with van der Waals surface area (Å²) in [6.45, 7) is 44.9. The molecule has 4 aliphatic heterocycles. The van der Waals surface area contributed by atoms with Crippen LogP contribution in [0.5, 0.6) is 0 Å². The molecule has 2 aromatic heterocycles. The lowest BCUT2D eigenvalue weighted by Crippen LogP contribution is -2.74. The Bertz CT molecular complexity index is 2710. The molecule has 87 heavy (non-hydrogen) atoms. The Morgan fingerprint density at radius 1 is 0.989 bits per heavy atom. The van der Waals surface area contributed by atoms with Gasteiger partial charge in [0.2, 0.25) is 11.8 Å². The van der Waals surface area contributed by atoms with Crippen molar-refractivity contribution in [1.29, 1.82) is 0 Å². The highest BCUT2D eigenvalue weighted by atomic mass is 16.5. The van der Waals surface area contributed by atoms with Crippen LogP contribution in [0.3, 0.4) is 0 Å². The number of carbonyl (C=O) groups is 4. The van der Waals surface area contributed by atoms with Crippen molar-refractivity contribution in [3.63, 3.8) is 0 Å². The number of rotatable bonds is 31. The number of hydrazine groups is 1. The third kappa shape index (κ3) is 16.8. The number of aldehydes is 1. The topological polar surface area (TPSA) is 161 Å². The van der Waals surface area contributed by atoms with E-state index in [0.29, 0.717) is 58.8 Å². The Kier molecular flexibility index (Phi) is 26.6. The molecule has 5 aliphatic rings. The molecule has 4 saturated heterocycles. The zero-order valence-electron chi connectivity index (χ0n) is 56.9. The molecule has 18 heteroatoms. The van der Waals surface area contributed by atoms with Crippen LogP contribution < -0.4 is 20.5 Å². The number of carbonyl (C=O) groups excluding carboxylic acids is 4. The number of nitrogens with one attached hydrogen (secondary N) is 2. The number of methoxy groups -OCH3 is 2. The summed E-state index contributed by atoms with van der Waals surface area (Å²) < 4.78 is 20.3. The number of likely N-dealkylation sites (tertiary alicyclic amines) is 2. The van der Waals surface area contributed by atoms with Crippen LogP contribution in [0, 0.1) is 22.7 Å². The van der Waals surface area contributed by atoms with E-state index in [-0.39, 0.29) is 52.5 Å². The Hall–Kier alpha value is -5.11. The Morgan fingerprint density at radius 3 is 2.21 bits per heavy atom. The lowest BCUT2D eigenvalue weighted by molar-refractivity contribution is -0.205.